The summed E-state index contributed by atoms with van der Waals surface area (Å²) in [6.07, 6.45) is 3.58. The van der Waals surface area contributed by atoms with Gasteiger partial charge in [0, 0.05) is 11.9 Å². The van der Waals surface area contributed by atoms with Crippen LogP contribution in [-0.4, -0.2) is 45.3 Å². The fourth-order valence-electron chi connectivity index (χ4n) is 3.31. The molecule has 30 heavy (non-hydrogen) atoms. The van der Waals surface area contributed by atoms with Crippen LogP contribution in [0.25, 0.3) is 0 Å². The summed E-state index contributed by atoms with van der Waals surface area (Å²) in [6.45, 7) is -0.425. The molecule has 0 bridgehead atoms. The van der Waals surface area contributed by atoms with Gasteiger partial charge in [-0.05, 0) is 55.5 Å². The molecule has 3 rings (SSSR count). The highest BCUT2D eigenvalue weighted by Gasteiger charge is 2.28. The van der Waals surface area contributed by atoms with Crippen molar-refractivity contribution >= 4 is 38.2 Å². The van der Waals surface area contributed by atoms with Crippen LogP contribution >= 0.6 is 11.3 Å². The van der Waals surface area contributed by atoms with E-state index in [0.717, 1.165) is 40.4 Å². The Kier molecular flexibility index (Phi) is 6.55. The highest BCUT2D eigenvalue weighted by atomic mass is 32.2. The van der Waals surface area contributed by atoms with Gasteiger partial charge in [-0.1, -0.05) is 0 Å². The van der Waals surface area contributed by atoms with E-state index in [1.54, 1.807) is 0 Å². The van der Waals surface area contributed by atoms with E-state index in [0.29, 0.717) is 16.1 Å². The van der Waals surface area contributed by atoms with Crippen LogP contribution in [0.5, 0.6) is 0 Å². The molecule has 1 aromatic heterocycles. The van der Waals surface area contributed by atoms with Crippen molar-refractivity contribution in [2.24, 2.45) is 0 Å². The van der Waals surface area contributed by atoms with Crippen molar-refractivity contribution in [3.05, 3.63) is 45.8 Å². The molecule has 1 heterocycles. The first-order chi connectivity index (χ1) is 14.3. The molecule has 1 aromatic carbocycles. The third kappa shape index (κ3) is 4.38. The van der Waals surface area contributed by atoms with E-state index in [9.17, 15) is 18.0 Å². The second-order valence-electron chi connectivity index (χ2n) is 6.85. The Morgan fingerprint density at radius 3 is 2.53 bits per heavy atom. The molecule has 8 nitrogen and oxygen atoms in total. The maximum absolute atomic E-state index is 12.7. The summed E-state index contributed by atoms with van der Waals surface area (Å²) in [5.41, 5.74) is 1.61. The van der Waals surface area contributed by atoms with Crippen LogP contribution < -0.4 is 5.32 Å². The van der Waals surface area contributed by atoms with Gasteiger partial charge in [-0.15, -0.1) is 11.3 Å². The molecule has 1 aliphatic carbocycles. The monoisotopic (exact) mass is 447 g/mol. The number of rotatable bonds is 6. The van der Waals surface area contributed by atoms with E-state index in [1.165, 1.54) is 49.8 Å². The summed E-state index contributed by atoms with van der Waals surface area (Å²) in [5.74, 6) is -1.07. The van der Waals surface area contributed by atoms with Crippen LogP contribution in [0.1, 0.15) is 39.2 Å². The summed E-state index contributed by atoms with van der Waals surface area (Å²) < 4.78 is 31.2. The molecular formula is C20H21N3O5S2. The zero-order chi connectivity index (χ0) is 21.9. The third-order valence-electron chi connectivity index (χ3n) is 4.87. The van der Waals surface area contributed by atoms with Crippen molar-refractivity contribution in [2.45, 2.75) is 30.6 Å². The number of fused-ring (bicyclic) bond motifs is 1. The van der Waals surface area contributed by atoms with Crippen LogP contribution in [0.15, 0.2) is 29.2 Å². The number of methoxy groups -OCH3 is 1. The number of carbonyl (C=O) groups is 2. The number of nitriles is 1. The second kappa shape index (κ2) is 8.95. The maximum atomic E-state index is 12.7. The SMILES string of the molecule is COC(=O)c1c(NC(=O)CN(C)S(=O)(=O)c2ccc(C#N)cc2)sc2c1CCCC2. The topological polar surface area (TPSA) is 117 Å². The lowest BCUT2D eigenvalue weighted by molar-refractivity contribution is -0.116. The number of thiophene rings is 1. The van der Waals surface area contributed by atoms with Crippen molar-refractivity contribution < 1.29 is 22.7 Å². The number of ether oxygens (including phenoxy) is 1. The van der Waals surface area contributed by atoms with Crippen LogP contribution in [0.4, 0.5) is 5.00 Å². The fraction of sp³-hybridized carbons (Fsp3) is 0.350. The summed E-state index contributed by atoms with van der Waals surface area (Å²) in [7, 11) is -1.32. The number of likely N-dealkylation sites (N-methyl/N-ethyl adjacent to an activating group) is 1. The third-order valence-corrected chi connectivity index (χ3v) is 7.90. The number of hydrogen-bond acceptors (Lipinski definition) is 7. The van der Waals surface area contributed by atoms with Gasteiger partial charge in [0.1, 0.15) is 5.00 Å². The molecule has 0 atom stereocenters. The van der Waals surface area contributed by atoms with E-state index >= 15 is 0 Å². The maximum Gasteiger partial charge on any atom is 0.341 e. The largest absolute Gasteiger partial charge is 0.465 e. The highest BCUT2D eigenvalue weighted by molar-refractivity contribution is 7.89. The quantitative estimate of drug-likeness (QED) is 0.680. The number of hydrogen-bond donors (Lipinski definition) is 1. The van der Waals surface area contributed by atoms with Crippen LogP contribution in [0.3, 0.4) is 0 Å². The Morgan fingerprint density at radius 2 is 1.90 bits per heavy atom. The average Bonchev–Trinajstić information content (AvgIpc) is 3.10. The zero-order valence-electron chi connectivity index (χ0n) is 16.6. The zero-order valence-corrected chi connectivity index (χ0v) is 18.2. The predicted molar refractivity (Wildman–Crippen MR) is 112 cm³/mol. The summed E-state index contributed by atoms with van der Waals surface area (Å²) >= 11 is 1.34. The molecule has 0 saturated heterocycles. The normalized spacial score (nSPS) is 13.4. The van der Waals surface area contributed by atoms with Gasteiger partial charge in [-0.25, -0.2) is 13.2 Å². The molecule has 0 saturated carbocycles. The average molecular weight is 448 g/mol. The molecule has 158 valence electrons. The molecule has 10 heteroatoms. The minimum Gasteiger partial charge on any atom is -0.465 e. The summed E-state index contributed by atoms with van der Waals surface area (Å²) in [4.78, 5) is 25.9. The van der Waals surface area contributed by atoms with Crippen LogP contribution in [-0.2, 0) is 32.4 Å². The van der Waals surface area contributed by atoms with Crippen molar-refractivity contribution in [3.63, 3.8) is 0 Å². The molecule has 0 radical (unpaired) electrons. The molecule has 0 spiro atoms. The number of nitrogens with one attached hydrogen (secondary N) is 1. The number of carbonyl (C=O) groups excluding carboxylic acids is 2. The van der Waals surface area contributed by atoms with Gasteiger partial charge in [0.15, 0.2) is 0 Å². The molecule has 2 aromatic rings. The number of sulfonamides is 1. The van der Waals surface area contributed by atoms with Gasteiger partial charge in [0.05, 0.1) is 35.7 Å². The van der Waals surface area contributed by atoms with E-state index < -0.39 is 28.4 Å². The summed E-state index contributed by atoms with van der Waals surface area (Å²) in [6, 6.07) is 7.38. The Hall–Kier alpha value is -2.74. The Balaban J connectivity index is 1.77. The van der Waals surface area contributed by atoms with Crippen molar-refractivity contribution in [1.29, 1.82) is 5.26 Å². The first-order valence-corrected chi connectivity index (χ1v) is 11.5. The molecule has 0 fully saturated rings. The smallest absolute Gasteiger partial charge is 0.341 e. The summed E-state index contributed by atoms with van der Waals surface area (Å²) in [5, 5.41) is 11.9. The number of benzene rings is 1. The Morgan fingerprint density at radius 1 is 1.23 bits per heavy atom. The molecule has 1 aliphatic rings. The predicted octanol–water partition coefficient (Wildman–Crippen LogP) is 2.54. The molecule has 1 N–H and O–H groups in total. The van der Waals surface area contributed by atoms with Crippen molar-refractivity contribution in [3.8, 4) is 6.07 Å². The van der Waals surface area contributed by atoms with Gasteiger partial charge in [0.2, 0.25) is 15.9 Å². The number of amides is 1. The lowest BCUT2D eigenvalue weighted by Gasteiger charge is -2.17. The Labute approximate surface area is 179 Å². The lowest BCUT2D eigenvalue weighted by atomic mass is 9.95. The van der Waals surface area contributed by atoms with E-state index in [4.69, 9.17) is 10.00 Å². The number of esters is 1. The van der Waals surface area contributed by atoms with Gasteiger partial charge >= 0.3 is 5.97 Å². The molecule has 0 aliphatic heterocycles. The molecule has 0 unspecified atom stereocenters. The van der Waals surface area contributed by atoms with Gasteiger partial charge < -0.3 is 10.1 Å². The van der Waals surface area contributed by atoms with Crippen LogP contribution in [0, 0.1) is 11.3 Å². The lowest BCUT2D eigenvalue weighted by Crippen LogP contribution is -2.35. The van der Waals surface area contributed by atoms with Gasteiger partial charge in [0.25, 0.3) is 0 Å². The van der Waals surface area contributed by atoms with E-state index in [2.05, 4.69) is 5.32 Å². The second-order valence-corrected chi connectivity index (χ2v) is 10.0. The van der Waals surface area contributed by atoms with E-state index in [1.807, 2.05) is 6.07 Å². The molecular weight excluding hydrogens is 426 g/mol. The van der Waals surface area contributed by atoms with Crippen molar-refractivity contribution in [1.82, 2.24) is 4.31 Å². The molecule has 1 amide bonds. The fourth-order valence-corrected chi connectivity index (χ4v) is 5.73. The number of aryl methyl sites for hydroxylation is 1. The standard InChI is InChI=1S/C20H21N3O5S2/c1-23(30(26,27)14-9-7-13(11-21)8-10-14)12-17(24)22-19-18(20(25)28-2)15-5-3-4-6-16(15)29-19/h7-10H,3-6,12H2,1-2H3,(H,22,24). The Bertz CT molecular complexity index is 1110. The van der Waals surface area contributed by atoms with Crippen molar-refractivity contribution in [2.75, 3.05) is 26.0 Å². The van der Waals surface area contributed by atoms with Gasteiger partial charge in [-0.3, -0.25) is 4.79 Å². The first-order valence-electron chi connectivity index (χ1n) is 9.27. The number of nitrogens with zero attached hydrogens (tertiary/aromatic N) is 2. The first kappa shape index (κ1) is 22.0. The van der Waals surface area contributed by atoms with E-state index in [-0.39, 0.29) is 4.90 Å². The number of anilines is 1. The van der Waals surface area contributed by atoms with Gasteiger partial charge in [-0.2, -0.15) is 9.57 Å². The van der Waals surface area contributed by atoms with Crippen LogP contribution in [0.2, 0.25) is 0 Å². The minimum absolute atomic E-state index is 0.0152. The highest BCUT2D eigenvalue weighted by Crippen LogP contribution is 2.38. The minimum atomic E-state index is -3.91.